The van der Waals surface area contributed by atoms with Crippen LogP contribution in [0.15, 0.2) is 28.1 Å². The Balaban J connectivity index is 1.49. The number of amides is 3. The number of nitrogens with zero attached hydrogens (tertiary/aromatic N) is 2. The molecule has 0 aromatic carbocycles. The molecule has 1 aliphatic rings. The van der Waals surface area contributed by atoms with Crippen LogP contribution in [0.3, 0.4) is 0 Å². The van der Waals surface area contributed by atoms with Gasteiger partial charge >= 0.3 is 6.03 Å². The van der Waals surface area contributed by atoms with E-state index in [4.69, 9.17) is 4.52 Å². The number of piperidine rings is 1. The summed E-state index contributed by atoms with van der Waals surface area (Å²) < 4.78 is 5.22. The van der Waals surface area contributed by atoms with E-state index in [0.29, 0.717) is 31.8 Å². The molecule has 26 heavy (non-hydrogen) atoms. The highest BCUT2D eigenvalue weighted by Gasteiger charge is 2.28. The van der Waals surface area contributed by atoms with Gasteiger partial charge in [0.25, 0.3) is 0 Å². The summed E-state index contributed by atoms with van der Waals surface area (Å²) in [7, 11) is 0. The molecule has 3 rings (SSSR count). The minimum atomic E-state index is -0.135. The molecule has 2 N–H and O–H groups in total. The van der Waals surface area contributed by atoms with E-state index in [9.17, 15) is 9.59 Å². The van der Waals surface area contributed by atoms with E-state index in [-0.39, 0.29) is 23.3 Å². The van der Waals surface area contributed by atoms with Crippen molar-refractivity contribution < 1.29 is 14.1 Å². The van der Waals surface area contributed by atoms with Crippen molar-refractivity contribution in [3.63, 3.8) is 0 Å². The molecular weight excluding hydrogens is 352 g/mol. The molecule has 1 aliphatic heterocycles. The van der Waals surface area contributed by atoms with Crippen molar-refractivity contribution in [1.29, 1.82) is 0 Å². The van der Waals surface area contributed by atoms with E-state index in [1.807, 2.05) is 38.3 Å². The third-order valence-electron chi connectivity index (χ3n) is 4.43. The Morgan fingerprint density at radius 3 is 2.58 bits per heavy atom. The van der Waals surface area contributed by atoms with Crippen LogP contribution in [0.5, 0.6) is 0 Å². The first kappa shape index (κ1) is 18.4. The molecule has 0 radical (unpaired) electrons. The Morgan fingerprint density at radius 2 is 2.00 bits per heavy atom. The van der Waals surface area contributed by atoms with Gasteiger partial charge in [-0.25, -0.2) is 4.79 Å². The largest absolute Gasteiger partial charge is 0.338 e. The van der Waals surface area contributed by atoms with Gasteiger partial charge in [-0.05, 0) is 30.4 Å². The smallest absolute Gasteiger partial charge is 0.322 e. The van der Waals surface area contributed by atoms with Gasteiger partial charge in [0.15, 0.2) is 0 Å². The lowest BCUT2D eigenvalue weighted by atomic mass is 9.92. The maximum Gasteiger partial charge on any atom is 0.322 e. The molecule has 0 saturated carbocycles. The average molecular weight is 376 g/mol. The minimum absolute atomic E-state index is 0.0834. The Kier molecular flexibility index (Phi) is 5.31. The zero-order valence-corrected chi connectivity index (χ0v) is 16.1. The van der Waals surface area contributed by atoms with Crippen LogP contribution in [0, 0.1) is 5.92 Å². The highest BCUT2D eigenvalue weighted by Crippen LogP contribution is 2.25. The van der Waals surface area contributed by atoms with Gasteiger partial charge in [0.1, 0.15) is 0 Å². The second-order valence-electron chi connectivity index (χ2n) is 7.48. The normalized spacial score (nSPS) is 15.7. The van der Waals surface area contributed by atoms with E-state index < -0.39 is 0 Å². The first-order valence-electron chi connectivity index (χ1n) is 8.70. The van der Waals surface area contributed by atoms with Crippen molar-refractivity contribution in [3.8, 4) is 0 Å². The Hall–Kier alpha value is -2.35. The third-order valence-corrected chi connectivity index (χ3v) is 5.21. The van der Waals surface area contributed by atoms with Crippen molar-refractivity contribution in [3.05, 3.63) is 29.3 Å². The van der Waals surface area contributed by atoms with Crippen LogP contribution in [0.2, 0.25) is 0 Å². The molecular formula is C18H24N4O3S. The summed E-state index contributed by atoms with van der Waals surface area (Å²) in [6.07, 6.45) is 1.26. The van der Waals surface area contributed by atoms with E-state index in [1.54, 1.807) is 11.0 Å². The van der Waals surface area contributed by atoms with Crippen molar-refractivity contribution in [1.82, 2.24) is 10.1 Å². The van der Waals surface area contributed by atoms with Crippen molar-refractivity contribution in [2.45, 2.75) is 39.0 Å². The predicted molar refractivity (Wildman–Crippen MR) is 101 cm³/mol. The number of urea groups is 1. The number of hydrogen-bond acceptors (Lipinski definition) is 5. The van der Waals surface area contributed by atoms with Gasteiger partial charge in [-0.15, -0.1) is 11.3 Å². The maximum absolute atomic E-state index is 12.4. The van der Waals surface area contributed by atoms with E-state index in [2.05, 4.69) is 15.8 Å². The van der Waals surface area contributed by atoms with Gasteiger partial charge in [0, 0.05) is 30.5 Å². The Morgan fingerprint density at radius 1 is 1.27 bits per heavy atom. The van der Waals surface area contributed by atoms with Gasteiger partial charge in [-0.1, -0.05) is 25.9 Å². The molecule has 0 aliphatic carbocycles. The molecule has 0 spiro atoms. The zero-order valence-electron chi connectivity index (χ0n) is 15.2. The van der Waals surface area contributed by atoms with Crippen LogP contribution >= 0.6 is 11.3 Å². The summed E-state index contributed by atoms with van der Waals surface area (Å²) in [6, 6.07) is 5.41. The molecule has 2 aromatic rings. The SMILES string of the molecule is CC(C)(C)c1cc(NC(=O)C2CCN(C(=O)Nc3cccs3)CC2)on1. The lowest BCUT2D eigenvalue weighted by Gasteiger charge is -2.31. The maximum atomic E-state index is 12.4. The number of nitrogens with one attached hydrogen (secondary N) is 2. The highest BCUT2D eigenvalue weighted by molar-refractivity contribution is 7.14. The standard InChI is InChI=1S/C18H24N4O3S/c1-18(2,3)13-11-14(25-21-13)19-16(23)12-6-8-22(9-7-12)17(24)20-15-5-4-10-26-15/h4-5,10-12H,6-9H2,1-3H3,(H,19,23)(H,20,24). The number of carbonyl (C=O) groups excluding carboxylic acids is 2. The molecule has 3 amide bonds. The van der Waals surface area contributed by atoms with Crippen molar-refractivity contribution in [2.75, 3.05) is 23.7 Å². The first-order valence-corrected chi connectivity index (χ1v) is 9.58. The summed E-state index contributed by atoms with van der Waals surface area (Å²) in [4.78, 5) is 26.4. The Bertz CT molecular complexity index is 756. The zero-order chi connectivity index (χ0) is 18.7. The quantitative estimate of drug-likeness (QED) is 0.850. The molecule has 1 fully saturated rings. The molecule has 7 nitrogen and oxygen atoms in total. The fraction of sp³-hybridized carbons (Fsp3) is 0.500. The topological polar surface area (TPSA) is 87.5 Å². The van der Waals surface area contributed by atoms with Crippen LogP contribution in [-0.4, -0.2) is 35.1 Å². The van der Waals surface area contributed by atoms with Crippen LogP contribution in [0.25, 0.3) is 0 Å². The predicted octanol–water partition coefficient (Wildman–Crippen LogP) is 3.92. The lowest BCUT2D eigenvalue weighted by molar-refractivity contribution is -0.121. The number of aromatic nitrogens is 1. The van der Waals surface area contributed by atoms with Gasteiger partial charge in [0.2, 0.25) is 11.8 Å². The van der Waals surface area contributed by atoms with E-state index in [0.717, 1.165) is 10.7 Å². The second-order valence-corrected chi connectivity index (χ2v) is 8.43. The second kappa shape index (κ2) is 7.49. The molecule has 0 atom stereocenters. The Labute approximate surface area is 156 Å². The average Bonchev–Trinajstić information content (AvgIpc) is 3.26. The van der Waals surface area contributed by atoms with Gasteiger partial charge < -0.3 is 9.42 Å². The molecule has 140 valence electrons. The van der Waals surface area contributed by atoms with Crippen LogP contribution in [0.1, 0.15) is 39.3 Å². The van der Waals surface area contributed by atoms with Crippen LogP contribution in [0.4, 0.5) is 15.7 Å². The van der Waals surface area contributed by atoms with Gasteiger partial charge in [-0.2, -0.15) is 0 Å². The first-order chi connectivity index (χ1) is 12.3. The summed E-state index contributed by atoms with van der Waals surface area (Å²) in [6.45, 7) is 7.21. The monoisotopic (exact) mass is 376 g/mol. The van der Waals surface area contributed by atoms with Gasteiger partial charge in [-0.3, -0.25) is 15.4 Å². The molecule has 0 unspecified atom stereocenters. The van der Waals surface area contributed by atoms with Crippen molar-refractivity contribution >= 4 is 34.2 Å². The molecule has 1 saturated heterocycles. The summed E-state index contributed by atoms with van der Waals surface area (Å²) in [5.41, 5.74) is 0.668. The lowest BCUT2D eigenvalue weighted by Crippen LogP contribution is -2.43. The summed E-state index contributed by atoms with van der Waals surface area (Å²) in [5, 5.41) is 12.4. The summed E-state index contributed by atoms with van der Waals surface area (Å²) in [5.74, 6) is 0.154. The number of carbonyl (C=O) groups is 2. The third kappa shape index (κ3) is 4.43. The van der Waals surface area contributed by atoms with Crippen LogP contribution < -0.4 is 10.6 Å². The molecule has 0 bridgehead atoms. The van der Waals surface area contributed by atoms with E-state index >= 15 is 0 Å². The summed E-state index contributed by atoms with van der Waals surface area (Å²) >= 11 is 1.49. The van der Waals surface area contributed by atoms with Crippen molar-refractivity contribution in [2.24, 2.45) is 5.92 Å². The van der Waals surface area contributed by atoms with Crippen LogP contribution in [-0.2, 0) is 10.2 Å². The number of thiophene rings is 1. The molecule has 8 heteroatoms. The number of hydrogen-bond donors (Lipinski definition) is 2. The fourth-order valence-corrected chi connectivity index (χ4v) is 3.40. The molecule has 3 heterocycles. The van der Waals surface area contributed by atoms with E-state index in [1.165, 1.54) is 11.3 Å². The van der Waals surface area contributed by atoms with Gasteiger partial charge in [0.05, 0.1) is 10.7 Å². The fourth-order valence-electron chi connectivity index (χ4n) is 2.79. The number of likely N-dealkylation sites (tertiary alicyclic amines) is 1. The minimum Gasteiger partial charge on any atom is -0.338 e. The number of anilines is 2. The highest BCUT2D eigenvalue weighted by atomic mass is 32.1. The number of rotatable bonds is 3. The molecule has 2 aromatic heterocycles.